The van der Waals surface area contributed by atoms with Crippen LogP contribution in [0.2, 0.25) is 0 Å². The Morgan fingerprint density at radius 2 is 2.05 bits per heavy atom. The molecule has 9 heteroatoms. The fourth-order valence-electron chi connectivity index (χ4n) is 1.27. The standard InChI is InChI=1S/C10H7F5N2O2/c1-18-6-4-5(2-3-16)7(8(11)12)17-9(6)19-10(13,14)15/h4,8H,2H2,1H3. The van der Waals surface area contributed by atoms with Gasteiger partial charge in [0.05, 0.1) is 19.6 Å². The Bertz CT molecular complexity index is 496. The smallest absolute Gasteiger partial charge is 0.491 e. The minimum atomic E-state index is -5.09. The maximum atomic E-state index is 12.6. The molecule has 104 valence electrons. The van der Waals surface area contributed by atoms with Crippen LogP contribution in [0, 0.1) is 11.3 Å². The number of hydrogen-bond acceptors (Lipinski definition) is 4. The van der Waals surface area contributed by atoms with Crippen molar-refractivity contribution in [3.8, 4) is 17.7 Å². The molecular formula is C10H7F5N2O2. The van der Waals surface area contributed by atoms with Gasteiger partial charge in [-0.1, -0.05) is 0 Å². The van der Waals surface area contributed by atoms with Crippen molar-refractivity contribution in [2.24, 2.45) is 0 Å². The Hall–Kier alpha value is -2.11. The van der Waals surface area contributed by atoms with Gasteiger partial charge in [0.25, 0.3) is 12.3 Å². The quantitative estimate of drug-likeness (QED) is 0.797. The van der Waals surface area contributed by atoms with Gasteiger partial charge < -0.3 is 9.47 Å². The normalized spacial score (nSPS) is 11.3. The van der Waals surface area contributed by atoms with Crippen LogP contribution >= 0.6 is 0 Å². The molecule has 0 aromatic carbocycles. The zero-order chi connectivity index (χ0) is 14.6. The highest BCUT2D eigenvalue weighted by Crippen LogP contribution is 2.34. The summed E-state index contributed by atoms with van der Waals surface area (Å²) in [7, 11) is 1.03. The van der Waals surface area contributed by atoms with Crippen molar-refractivity contribution in [1.29, 1.82) is 5.26 Å². The molecule has 0 atom stereocenters. The van der Waals surface area contributed by atoms with Crippen LogP contribution in [0.4, 0.5) is 22.0 Å². The summed E-state index contributed by atoms with van der Waals surface area (Å²) in [5.41, 5.74) is -1.16. The van der Waals surface area contributed by atoms with E-state index in [2.05, 4.69) is 14.5 Å². The third kappa shape index (κ3) is 3.94. The predicted octanol–water partition coefficient (Wildman–Crippen LogP) is 2.99. The molecule has 1 aromatic heterocycles. The molecule has 0 N–H and O–H groups in total. The van der Waals surface area contributed by atoms with Crippen molar-refractivity contribution < 1.29 is 31.4 Å². The van der Waals surface area contributed by atoms with E-state index in [4.69, 9.17) is 5.26 Å². The summed E-state index contributed by atoms with van der Waals surface area (Å²) in [6, 6.07) is 2.48. The highest BCUT2D eigenvalue weighted by atomic mass is 19.4. The summed E-state index contributed by atoms with van der Waals surface area (Å²) in [6.07, 6.45) is -8.66. The number of alkyl halides is 5. The Kier molecular flexibility index (Phi) is 4.47. The lowest BCUT2D eigenvalue weighted by Gasteiger charge is -2.14. The number of nitriles is 1. The second kappa shape index (κ2) is 5.69. The largest absolute Gasteiger partial charge is 0.574 e. The third-order valence-corrected chi connectivity index (χ3v) is 1.98. The average molecular weight is 282 g/mol. The van der Waals surface area contributed by atoms with Gasteiger partial charge >= 0.3 is 6.36 Å². The maximum Gasteiger partial charge on any atom is 0.574 e. The van der Waals surface area contributed by atoms with Gasteiger partial charge in [-0.05, 0) is 11.6 Å². The summed E-state index contributed by atoms with van der Waals surface area (Å²) in [6.45, 7) is 0. The molecule has 0 aliphatic heterocycles. The zero-order valence-electron chi connectivity index (χ0n) is 9.46. The first kappa shape index (κ1) is 14.9. The molecule has 0 fully saturated rings. The van der Waals surface area contributed by atoms with E-state index in [0.29, 0.717) is 0 Å². The molecule has 0 unspecified atom stereocenters. The molecule has 1 heterocycles. The van der Waals surface area contributed by atoms with Gasteiger partial charge in [0.15, 0.2) is 5.75 Å². The number of hydrogen-bond donors (Lipinski definition) is 0. The van der Waals surface area contributed by atoms with E-state index in [-0.39, 0.29) is 5.56 Å². The fourth-order valence-corrected chi connectivity index (χ4v) is 1.27. The minimum Gasteiger partial charge on any atom is -0.491 e. The number of rotatable bonds is 4. The molecule has 19 heavy (non-hydrogen) atoms. The minimum absolute atomic E-state index is 0.219. The predicted molar refractivity (Wildman–Crippen MR) is 51.7 cm³/mol. The van der Waals surface area contributed by atoms with E-state index in [0.717, 1.165) is 13.2 Å². The van der Waals surface area contributed by atoms with Gasteiger partial charge in [0.2, 0.25) is 0 Å². The van der Waals surface area contributed by atoms with Gasteiger partial charge in [0, 0.05) is 0 Å². The molecule has 4 nitrogen and oxygen atoms in total. The van der Waals surface area contributed by atoms with Gasteiger partial charge in [-0.25, -0.2) is 13.8 Å². The number of ether oxygens (including phenoxy) is 2. The lowest BCUT2D eigenvalue weighted by molar-refractivity contribution is -0.276. The van der Waals surface area contributed by atoms with Crippen molar-refractivity contribution in [1.82, 2.24) is 4.98 Å². The lowest BCUT2D eigenvalue weighted by Crippen LogP contribution is -2.19. The van der Waals surface area contributed by atoms with Crippen LogP contribution < -0.4 is 9.47 Å². The zero-order valence-corrected chi connectivity index (χ0v) is 9.46. The number of nitrogens with zero attached hydrogens (tertiary/aromatic N) is 2. The molecule has 0 aliphatic rings. The molecule has 0 aliphatic carbocycles. The summed E-state index contributed by atoms with van der Waals surface area (Å²) in [5.74, 6) is -1.60. The van der Waals surface area contributed by atoms with E-state index < -0.39 is 36.5 Å². The molecule has 1 aromatic rings. The monoisotopic (exact) mass is 282 g/mol. The van der Waals surface area contributed by atoms with Crippen molar-refractivity contribution in [3.63, 3.8) is 0 Å². The Labute approximate surface area is 104 Å². The van der Waals surface area contributed by atoms with Gasteiger partial charge in [-0.15, -0.1) is 13.2 Å². The molecule has 0 saturated carbocycles. The SMILES string of the molecule is COc1cc(CC#N)c(C(F)F)nc1OC(F)(F)F. The van der Waals surface area contributed by atoms with E-state index in [1.54, 1.807) is 6.07 Å². The van der Waals surface area contributed by atoms with Crippen molar-refractivity contribution >= 4 is 0 Å². The van der Waals surface area contributed by atoms with E-state index in [1.165, 1.54) is 0 Å². The molecule has 0 amide bonds. The molecule has 0 spiro atoms. The first-order chi connectivity index (χ1) is 8.78. The first-order valence-electron chi connectivity index (χ1n) is 4.77. The molecule has 0 radical (unpaired) electrons. The van der Waals surface area contributed by atoms with E-state index in [1.807, 2.05) is 0 Å². The van der Waals surface area contributed by atoms with Crippen LogP contribution in [0.5, 0.6) is 11.6 Å². The molecular weight excluding hydrogens is 275 g/mol. The average Bonchev–Trinajstić information content (AvgIpc) is 2.28. The fraction of sp³-hybridized carbons (Fsp3) is 0.400. The second-order valence-electron chi connectivity index (χ2n) is 3.22. The first-order valence-corrected chi connectivity index (χ1v) is 4.77. The third-order valence-electron chi connectivity index (χ3n) is 1.98. The van der Waals surface area contributed by atoms with Crippen LogP contribution in [-0.4, -0.2) is 18.5 Å². The number of aromatic nitrogens is 1. The van der Waals surface area contributed by atoms with Gasteiger partial charge in [0.1, 0.15) is 5.69 Å². The van der Waals surface area contributed by atoms with Crippen LogP contribution in [0.15, 0.2) is 6.07 Å². The van der Waals surface area contributed by atoms with Crippen LogP contribution in [0.25, 0.3) is 0 Å². The van der Waals surface area contributed by atoms with Crippen molar-refractivity contribution in [2.45, 2.75) is 19.2 Å². The maximum absolute atomic E-state index is 12.6. The van der Waals surface area contributed by atoms with E-state index >= 15 is 0 Å². The molecule has 0 bridgehead atoms. The molecule has 0 saturated heterocycles. The number of halogens is 5. The van der Waals surface area contributed by atoms with Crippen molar-refractivity contribution in [2.75, 3.05) is 7.11 Å². The summed E-state index contributed by atoms with van der Waals surface area (Å²) in [4.78, 5) is 3.08. The Morgan fingerprint density at radius 3 is 2.47 bits per heavy atom. The molecule has 1 rings (SSSR count). The highest BCUT2D eigenvalue weighted by molar-refractivity contribution is 5.41. The van der Waals surface area contributed by atoms with Gasteiger partial charge in [-0.2, -0.15) is 5.26 Å². The Morgan fingerprint density at radius 1 is 1.42 bits per heavy atom. The van der Waals surface area contributed by atoms with Crippen LogP contribution in [-0.2, 0) is 6.42 Å². The Balaban J connectivity index is 3.32. The number of pyridine rings is 1. The van der Waals surface area contributed by atoms with Crippen LogP contribution in [0.3, 0.4) is 0 Å². The lowest BCUT2D eigenvalue weighted by atomic mass is 10.1. The van der Waals surface area contributed by atoms with E-state index in [9.17, 15) is 22.0 Å². The van der Waals surface area contributed by atoms with Crippen LogP contribution in [0.1, 0.15) is 17.7 Å². The topological polar surface area (TPSA) is 55.1 Å². The van der Waals surface area contributed by atoms with Crippen molar-refractivity contribution in [3.05, 3.63) is 17.3 Å². The summed E-state index contributed by atoms with van der Waals surface area (Å²) < 4.78 is 69.6. The highest BCUT2D eigenvalue weighted by Gasteiger charge is 2.34. The summed E-state index contributed by atoms with van der Waals surface area (Å²) >= 11 is 0. The summed E-state index contributed by atoms with van der Waals surface area (Å²) in [5, 5.41) is 8.47. The number of methoxy groups -OCH3 is 1. The second-order valence-corrected chi connectivity index (χ2v) is 3.22. The van der Waals surface area contributed by atoms with Gasteiger partial charge in [-0.3, -0.25) is 0 Å².